The minimum Gasteiger partial charge on any atom is -0.444 e. The Balaban J connectivity index is 2.75. The normalized spacial score (nSPS) is 11.5. The number of benzene rings is 1. The van der Waals surface area contributed by atoms with E-state index >= 15 is 0 Å². The molecule has 5 nitrogen and oxygen atoms in total. The maximum Gasteiger partial charge on any atom is 0.303 e. The number of ether oxygens (including phenoxy) is 1. The van der Waals surface area contributed by atoms with Crippen LogP contribution in [0.25, 0.3) is 0 Å². The monoisotopic (exact) mass is 269 g/mol. The molecular formula is C12H12ClNO4. The van der Waals surface area contributed by atoms with Gasteiger partial charge >= 0.3 is 5.97 Å². The lowest BCUT2D eigenvalue weighted by molar-refractivity contribution is -0.157. The summed E-state index contributed by atoms with van der Waals surface area (Å²) in [6.45, 7) is 2.31. The Hall–Kier alpha value is -1.88. The molecule has 1 aromatic carbocycles. The highest BCUT2D eigenvalue weighted by molar-refractivity contribution is 6.30. The summed E-state index contributed by atoms with van der Waals surface area (Å²) in [5.74, 6) is -1.93. The quantitative estimate of drug-likeness (QED) is 0.668. The first kappa shape index (κ1) is 14.2. The molecule has 0 aromatic heterocycles. The molecule has 0 radical (unpaired) electrons. The van der Waals surface area contributed by atoms with Crippen LogP contribution in [0, 0.1) is 0 Å². The Morgan fingerprint density at radius 1 is 1.17 bits per heavy atom. The number of hydrogen-bond acceptors (Lipinski definition) is 4. The van der Waals surface area contributed by atoms with E-state index in [1.54, 1.807) is 24.3 Å². The average Bonchev–Trinajstić information content (AvgIpc) is 2.28. The van der Waals surface area contributed by atoms with Gasteiger partial charge in [0, 0.05) is 17.6 Å². The number of hydrogen-bond donors (Lipinski definition) is 1. The minimum atomic E-state index is -1.43. The van der Waals surface area contributed by atoms with Crippen molar-refractivity contribution in [3.8, 4) is 0 Å². The molecule has 0 saturated carbocycles. The fraction of sp³-hybridized carbons (Fsp3) is 0.250. The van der Waals surface area contributed by atoms with Gasteiger partial charge < -0.3 is 10.1 Å². The second-order valence-corrected chi connectivity index (χ2v) is 4.03. The van der Waals surface area contributed by atoms with Crippen LogP contribution in [0.2, 0.25) is 5.02 Å². The van der Waals surface area contributed by atoms with Crippen LogP contribution in [-0.2, 0) is 19.1 Å². The molecule has 1 amide bonds. The van der Waals surface area contributed by atoms with Gasteiger partial charge in [0.25, 0.3) is 5.91 Å². The van der Waals surface area contributed by atoms with Crippen molar-refractivity contribution in [1.82, 2.24) is 0 Å². The molecule has 0 saturated heterocycles. The third kappa shape index (κ3) is 4.18. The highest BCUT2D eigenvalue weighted by atomic mass is 35.5. The van der Waals surface area contributed by atoms with Crippen LogP contribution in [0.3, 0.4) is 0 Å². The number of nitrogens with one attached hydrogen (secondary N) is 1. The van der Waals surface area contributed by atoms with E-state index in [1.807, 2.05) is 0 Å². The summed E-state index contributed by atoms with van der Waals surface area (Å²) in [5, 5.41) is 2.98. The summed E-state index contributed by atoms with van der Waals surface area (Å²) >= 11 is 5.69. The number of rotatable bonds is 4. The van der Waals surface area contributed by atoms with Gasteiger partial charge in [-0.3, -0.25) is 14.4 Å². The molecule has 96 valence electrons. The first-order valence-electron chi connectivity index (χ1n) is 5.14. The molecule has 1 rings (SSSR count). The number of amides is 1. The molecule has 0 aliphatic rings. The number of carbonyl (C=O) groups is 3. The smallest absolute Gasteiger partial charge is 0.303 e. The lowest BCUT2D eigenvalue weighted by Crippen LogP contribution is -2.37. The van der Waals surface area contributed by atoms with Crippen LogP contribution in [0.5, 0.6) is 0 Å². The Morgan fingerprint density at radius 2 is 1.72 bits per heavy atom. The summed E-state index contributed by atoms with van der Waals surface area (Å²) in [7, 11) is 0. The van der Waals surface area contributed by atoms with Crippen molar-refractivity contribution < 1.29 is 19.1 Å². The third-order valence-electron chi connectivity index (χ3n) is 2.00. The van der Waals surface area contributed by atoms with Crippen molar-refractivity contribution in [1.29, 1.82) is 0 Å². The lowest BCUT2D eigenvalue weighted by atomic mass is 10.2. The Bertz CT molecular complexity index is 469. The minimum absolute atomic E-state index is 0.461. The predicted molar refractivity (Wildman–Crippen MR) is 66.3 cm³/mol. The van der Waals surface area contributed by atoms with Gasteiger partial charge in [0.1, 0.15) is 0 Å². The molecule has 0 spiro atoms. The summed E-state index contributed by atoms with van der Waals surface area (Å²) in [6.07, 6.45) is -1.43. The summed E-state index contributed by atoms with van der Waals surface area (Å²) < 4.78 is 4.64. The van der Waals surface area contributed by atoms with Gasteiger partial charge in [0.05, 0.1) is 0 Å². The standard InChI is InChI=1S/C12H12ClNO4/c1-7(15)11(18-8(2)16)12(17)14-10-5-3-9(13)4-6-10/h3-6,11H,1-2H3,(H,14,17). The summed E-state index contributed by atoms with van der Waals surface area (Å²) in [6, 6.07) is 6.33. The van der Waals surface area contributed by atoms with Crippen molar-refractivity contribution in [3.63, 3.8) is 0 Å². The van der Waals surface area contributed by atoms with E-state index in [1.165, 1.54) is 6.92 Å². The number of ketones is 1. The molecule has 18 heavy (non-hydrogen) atoms. The Kier molecular flexibility index (Phi) is 4.85. The van der Waals surface area contributed by atoms with Crippen LogP contribution in [0.1, 0.15) is 13.8 Å². The van der Waals surface area contributed by atoms with Crippen molar-refractivity contribution in [2.24, 2.45) is 0 Å². The first-order valence-corrected chi connectivity index (χ1v) is 5.52. The maximum atomic E-state index is 11.7. The van der Waals surface area contributed by atoms with Crippen molar-refractivity contribution in [2.45, 2.75) is 20.0 Å². The number of Topliss-reactive ketones (excluding diaryl/α,β-unsaturated/α-hetero) is 1. The summed E-state index contributed by atoms with van der Waals surface area (Å²) in [4.78, 5) is 33.7. The van der Waals surface area contributed by atoms with E-state index in [4.69, 9.17) is 11.6 Å². The van der Waals surface area contributed by atoms with Gasteiger partial charge in [-0.15, -0.1) is 0 Å². The van der Waals surface area contributed by atoms with Gasteiger partial charge in [-0.1, -0.05) is 11.6 Å². The number of anilines is 1. The highest BCUT2D eigenvalue weighted by Crippen LogP contribution is 2.14. The fourth-order valence-corrected chi connectivity index (χ4v) is 1.35. The van der Waals surface area contributed by atoms with Crippen LogP contribution in [-0.4, -0.2) is 23.8 Å². The number of esters is 1. The SMILES string of the molecule is CC(=O)OC(C(C)=O)C(=O)Nc1ccc(Cl)cc1. The average molecular weight is 270 g/mol. The van der Waals surface area contributed by atoms with Gasteiger partial charge in [0.15, 0.2) is 5.78 Å². The van der Waals surface area contributed by atoms with E-state index in [-0.39, 0.29) is 0 Å². The molecular weight excluding hydrogens is 258 g/mol. The number of halogens is 1. The topological polar surface area (TPSA) is 72.5 Å². The molecule has 0 fully saturated rings. The lowest BCUT2D eigenvalue weighted by Gasteiger charge is -2.13. The molecule has 1 atom stereocenters. The van der Waals surface area contributed by atoms with E-state index in [9.17, 15) is 14.4 Å². The second kappa shape index (κ2) is 6.16. The van der Waals surface area contributed by atoms with Gasteiger partial charge in [-0.25, -0.2) is 0 Å². The van der Waals surface area contributed by atoms with E-state index in [0.29, 0.717) is 10.7 Å². The molecule has 6 heteroatoms. The Morgan fingerprint density at radius 3 is 2.17 bits per heavy atom. The molecule has 1 unspecified atom stereocenters. The molecule has 0 aliphatic heterocycles. The molecule has 0 heterocycles. The highest BCUT2D eigenvalue weighted by Gasteiger charge is 2.26. The molecule has 0 aliphatic carbocycles. The Labute approximate surface area is 109 Å². The molecule has 0 bridgehead atoms. The van der Waals surface area contributed by atoms with Crippen molar-refractivity contribution in [3.05, 3.63) is 29.3 Å². The molecule has 1 N–H and O–H groups in total. The van der Waals surface area contributed by atoms with Gasteiger partial charge in [-0.2, -0.15) is 0 Å². The van der Waals surface area contributed by atoms with E-state index in [2.05, 4.69) is 10.1 Å². The zero-order chi connectivity index (χ0) is 13.7. The first-order chi connectivity index (χ1) is 8.40. The van der Waals surface area contributed by atoms with E-state index < -0.39 is 23.8 Å². The van der Waals surface area contributed by atoms with Crippen LogP contribution in [0.4, 0.5) is 5.69 Å². The van der Waals surface area contributed by atoms with Crippen LogP contribution >= 0.6 is 11.6 Å². The third-order valence-corrected chi connectivity index (χ3v) is 2.25. The summed E-state index contributed by atoms with van der Waals surface area (Å²) in [5.41, 5.74) is 0.461. The second-order valence-electron chi connectivity index (χ2n) is 3.60. The van der Waals surface area contributed by atoms with Crippen LogP contribution in [0.15, 0.2) is 24.3 Å². The van der Waals surface area contributed by atoms with Crippen LogP contribution < -0.4 is 5.32 Å². The maximum absolute atomic E-state index is 11.7. The van der Waals surface area contributed by atoms with Crippen molar-refractivity contribution >= 4 is 34.9 Å². The molecule has 1 aromatic rings. The van der Waals surface area contributed by atoms with E-state index in [0.717, 1.165) is 6.92 Å². The fourth-order valence-electron chi connectivity index (χ4n) is 1.23. The zero-order valence-corrected chi connectivity index (χ0v) is 10.7. The predicted octanol–water partition coefficient (Wildman–Crippen LogP) is 1.80. The number of carbonyl (C=O) groups excluding carboxylic acids is 3. The zero-order valence-electron chi connectivity index (χ0n) is 9.90. The van der Waals surface area contributed by atoms with Gasteiger partial charge in [0.2, 0.25) is 6.10 Å². The van der Waals surface area contributed by atoms with Gasteiger partial charge in [-0.05, 0) is 31.2 Å². The van der Waals surface area contributed by atoms with Crippen molar-refractivity contribution in [2.75, 3.05) is 5.32 Å². The largest absolute Gasteiger partial charge is 0.444 e.